The summed E-state index contributed by atoms with van der Waals surface area (Å²) in [5, 5.41) is 14.7. The molecular weight excluding hydrogens is 296 g/mol. The summed E-state index contributed by atoms with van der Waals surface area (Å²) in [6, 6.07) is 15.9. The van der Waals surface area contributed by atoms with Crippen LogP contribution in [0, 0.1) is 0 Å². The van der Waals surface area contributed by atoms with E-state index < -0.39 is 6.10 Å². The number of thiophene rings is 1. The van der Waals surface area contributed by atoms with Gasteiger partial charge in [-0.05, 0) is 23.6 Å². The molecule has 22 heavy (non-hydrogen) atoms. The Balaban J connectivity index is 1.58. The molecule has 2 aromatic heterocycles. The van der Waals surface area contributed by atoms with Crippen LogP contribution in [0.2, 0.25) is 0 Å². The van der Waals surface area contributed by atoms with E-state index in [1.54, 1.807) is 18.4 Å². The number of aliphatic hydroxyl groups excluding tert-OH is 1. The molecule has 0 fully saturated rings. The van der Waals surface area contributed by atoms with E-state index in [4.69, 9.17) is 4.74 Å². The van der Waals surface area contributed by atoms with Crippen LogP contribution in [0.3, 0.4) is 0 Å². The van der Waals surface area contributed by atoms with Gasteiger partial charge in [0.05, 0.1) is 12.8 Å². The molecule has 0 amide bonds. The topological polar surface area (TPSA) is 54.4 Å². The normalized spacial score (nSPS) is 12.5. The van der Waals surface area contributed by atoms with E-state index in [1.165, 1.54) is 10.1 Å². The van der Waals surface area contributed by atoms with Crippen molar-refractivity contribution < 1.29 is 9.84 Å². The molecule has 1 atom stereocenters. The van der Waals surface area contributed by atoms with Gasteiger partial charge in [0.1, 0.15) is 6.10 Å². The zero-order chi connectivity index (χ0) is 15.4. The number of nitrogens with one attached hydrogen (secondary N) is 1. The molecule has 2 N–H and O–H groups in total. The van der Waals surface area contributed by atoms with Crippen molar-refractivity contribution in [1.82, 2.24) is 10.3 Å². The molecule has 2 heterocycles. The maximum Gasteiger partial charge on any atom is 0.213 e. The number of nitrogens with zero attached hydrogens (tertiary/aromatic N) is 1. The van der Waals surface area contributed by atoms with Crippen molar-refractivity contribution in [1.29, 1.82) is 0 Å². The average Bonchev–Trinajstić information content (AvgIpc) is 2.99. The number of fused-ring (bicyclic) bond motifs is 1. The number of pyridine rings is 1. The number of aliphatic hydroxyl groups is 1. The standard InChI is InChI=1S/C17H18N2O2S/c1-21-17-8-4-6-13(19-17)10-18-11-14(20)16-9-12-5-2-3-7-15(12)22-16/h2-9,14,18,20H,10-11H2,1H3. The lowest BCUT2D eigenvalue weighted by Gasteiger charge is -2.10. The van der Waals surface area contributed by atoms with Gasteiger partial charge in [-0.1, -0.05) is 24.3 Å². The van der Waals surface area contributed by atoms with Crippen LogP contribution in [0.4, 0.5) is 0 Å². The van der Waals surface area contributed by atoms with Gasteiger partial charge in [-0.3, -0.25) is 0 Å². The Hall–Kier alpha value is -1.95. The molecule has 114 valence electrons. The smallest absolute Gasteiger partial charge is 0.213 e. The second-order valence-corrected chi connectivity index (χ2v) is 6.12. The van der Waals surface area contributed by atoms with Gasteiger partial charge in [0.2, 0.25) is 5.88 Å². The predicted molar refractivity (Wildman–Crippen MR) is 89.3 cm³/mol. The van der Waals surface area contributed by atoms with E-state index in [-0.39, 0.29) is 0 Å². The quantitative estimate of drug-likeness (QED) is 0.734. The molecule has 3 rings (SSSR count). The van der Waals surface area contributed by atoms with Crippen molar-refractivity contribution in [2.24, 2.45) is 0 Å². The molecule has 0 aliphatic rings. The van der Waals surface area contributed by atoms with Crippen molar-refractivity contribution >= 4 is 21.4 Å². The van der Waals surface area contributed by atoms with Crippen molar-refractivity contribution in [3.8, 4) is 5.88 Å². The first kappa shape index (κ1) is 15.0. The fourth-order valence-corrected chi connectivity index (χ4v) is 3.32. The van der Waals surface area contributed by atoms with E-state index in [2.05, 4.69) is 28.5 Å². The van der Waals surface area contributed by atoms with Gasteiger partial charge in [0.15, 0.2) is 0 Å². The van der Waals surface area contributed by atoms with Crippen LogP contribution in [0.5, 0.6) is 5.88 Å². The van der Waals surface area contributed by atoms with Gasteiger partial charge in [-0.15, -0.1) is 11.3 Å². The Morgan fingerprint density at radius 2 is 2.09 bits per heavy atom. The number of hydrogen-bond acceptors (Lipinski definition) is 5. The minimum atomic E-state index is -0.511. The van der Waals surface area contributed by atoms with E-state index in [1.807, 2.05) is 30.3 Å². The van der Waals surface area contributed by atoms with Crippen molar-refractivity contribution in [3.63, 3.8) is 0 Å². The van der Waals surface area contributed by atoms with Crippen molar-refractivity contribution in [3.05, 3.63) is 59.1 Å². The Labute approximate surface area is 133 Å². The van der Waals surface area contributed by atoms with Gasteiger partial charge in [-0.25, -0.2) is 4.98 Å². The van der Waals surface area contributed by atoms with Crippen molar-refractivity contribution in [2.75, 3.05) is 13.7 Å². The largest absolute Gasteiger partial charge is 0.481 e. The Morgan fingerprint density at radius 3 is 2.91 bits per heavy atom. The molecule has 0 saturated carbocycles. The van der Waals surface area contributed by atoms with Crippen LogP contribution in [0.15, 0.2) is 48.5 Å². The van der Waals surface area contributed by atoms with E-state index in [9.17, 15) is 5.11 Å². The zero-order valence-electron chi connectivity index (χ0n) is 12.3. The number of aromatic nitrogens is 1. The molecule has 5 heteroatoms. The summed E-state index contributed by atoms with van der Waals surface area (Å²) < 4.78 is 6.30. The highest BCUT2D eigenvalue weighted by atomic mass is 32.1. The fraction of sp³-hybridized carbons (Fsp3) is 0.235. The van der Waals surface area contributed by atoms with Gasteiger partial charge in [0, 0.05) is 28.7 Å². The summed E-state index contributed by atoms with van der Waals surface area (Å²) in [5.74, 6) is 0.601. The van der Waals surface area contributed by atoms with E-state index in [0.29, 0.717) is 19.0 Å². The number of hydrogen-bond donors (Lipinski definition) is 2. The molecule has 0 aliphatic heterocycles. The Bertz CT molecular complexity index is 724. The first-order valence-corrected chi connectivity index (χ1v) is 7.95. The highest BCUT2D eigenvalue weighted by Gasteiger charge is 2.11. The summed E-state index contributed by atoms with van der Waals surface area (Å²) in [5.41, 5.74) is 0.892. The highest BCUT2D eigenvalue weighted by Crippen LogP contribution is 2.29. The molecule has 0 saturated heterocycles. The minimum absolute atomic E-state index is 0.492. The fourth-order valence-electron chi connectivity index (χ4n) is 2.27. The van der Waals surface area contributed by atoms with Crippen LogP contribution in [-0.4, -0.2) is 23.7 Å². The molecule has 0 radical (unpaired) electrons. The van der Waals surface area contributed by atoms with E-state index in [0.717, 1.165) is 10.6 Å². The molecular formula is C17H18N2O2S. The van der Waals surface area contributed by atoms with Gasteiger partial charge in [-0.2, -0.15) is 0 Å². The molecule has 0 aliphatic carbocycles. The third-order valence-corrected chi connectivity index (χ3v) is 4.62. The molecule has 3 aromatic rings. The van der Waals surface area contributed by atoms with Crippen LogP contribution >= 0.6 is 11.3 Å². The summed E-state index contributed by atoms with van der Waals surface area (Å²) >= 11 is 1.63. The SMILES string of the molecule is COc1cccc(CNCC(O)c2cc3ccccc3s2)n1. The molecule has 0 spiro atoms. The van der Waals surface area contributed by atoms with E-state index >= 15 is 0 Å². The highest BCUT2D eigenvalue weighted by molar-refractivity contribution is 7.19. The Kier molecular flexibility index (Phi) is 4.68. The van der Waals surface area contributed by atoms with Crippen LogP contribution in [0.25, 0.3) is 10.1 Å². The molecule has 4 nitrogen and oxygen atoms in total. The third kappa shape index (κ3) is 3.44. The molecule has 1 aromatic carbocycles. The van der Waals surface area contributed by atoms with Crippen LogP contribution in [-0.2, 0) is 6.54 Å². The second kappa shape index (κ2) is 6.87. The monoisotopic (exact) mass is 314 g/mol. The summed E-state index contributed by atoms with van der Waals surface area (Å²) in [4.78, 5) is 5.31. The lowest BCUT2D eigenvalue weighted by Crippen LogP contribution is -2.21. The maximum atomic E-state index is 10.3. The van der Waals surface area contributed by atoms with Gasteiger partial charge in [0.25, 0.3) is 0 Å². The molecule has 1 unspecified atom stereocenters. The summed E-state index contributed by atoms with van der Waals surface area (Å²) in [6.07, 6.45) is -0.511. The van der Waals surface area contributed by atoms with Crippen molar-refractivity contribution in [2.45, 2.75) is 12.6 Å². The number of rotatable bonds is 6. The Morgan fingerprint density at radius 1 is 1.23 bits per heavy atom. The number of ether oxygens (including phenoxy) is 1. The van der Waals surface area contributed by atoms with Gasteiger partial charge < -0.3 is 15.2 Å². The zero-order valence-corrected chi connectivity index (χ0v) is 13.1. The average molecular weight is 314 g/mol. The maximum absolute atomic E-state index is 10.3. The number of benzene rings is 1. The second-order valence-electron chi connectivity index (χ2n) is 5.00. The lowest BCUT2D eigenvalue weighted by atomic mass is 10.2. The predicted octanol–water partition coefficient (Wildman–Crippen LogP) is 3.13. The first-order valence-electron chi connectivity index (χ1n) is 7.13. The third-order valence-electron chi connectivity index (χ3n) is 3.41. The van der Waals surface area contributed by atoms with Gasteiger partial charge >= 0.3 is 0 Å². The summed E-state index contributed by atoms with van der Waals surface area (Å²) in [7, 11) is 1.60. The molecule has 0 bridgehead atoms. The summed E-state index contributed by atoms with van der Waals surface area (Å²) in [6.45, 7) is 1.09. The lowest BCUT2D eigenvalue weighted by molar-refractivity contribution is 0.178. The minimum Gasteiger partial charge on any atom is -0.481 e. The van der Waals surface area contributed by atoms with Crippen LogP contribution < -0.4 is 10.1 Å². The number of methoxy groups -OCH3 is 1. The van der Waals surface area contributed by atoms with Crippen LogP contribution in [0.1, 0.15) is 16.7 Å². The first-order chi connectivity index (χ1) is 10.8.